The summed E-state index contributed by atoms with van der Waals surface area (Å²) in [5.74, 6) is 7.91. The molecule has 0 aliphatic carbocycles. The van der Waals surface area contributed by atoms with Gasteiger partial charge in [-0.3, -0.25) is 0 Å². The van der Waals surface area contributed by atoms with Crippen molar-refractivity contribution >= 4 is 7.07 Å². The van der Waals surface area contributed by atoms with E-state index < -0.39 is 0 Å². The van der Waals surface area contributed by atoms with Gasteiger partial charge in [-0.15, -0.1) is 0 Å². The van der Waals surface area contributed by atoms with Crippen molar-refractivity contribution in [2.45, 2.75) is 13.8 Å². The summed E-state index contributed by atoms with van der Waals surface area (Å²) in [5.41, 5.74) is 0. The number of rotatable bonds is 0. The van der Waals surface area contributed by atoms with E-state index in [2.05, 4.69) is 28.6 Å². The second-order valence-electron chi connectivity index (χ2n) is 1.01. The Kier molecular flexibility index (Phi) is 5.23. The average Bonchev–Trinajstić information content (AvgIpc) is 1.81. The monoisotopic (exact) mass is 103 g/mol. The molecule has 2 heteroatoms. The second-order valence-corrected chi connectivity index (χ2v) is 1.01. The molecule has 0 saturated heterocycles. The van der Waals surface area contributed by atoms with E-state index >= 15 is 0 Å². The van der Waals surface area contributed by atoms with E-state index in [1.54, 1.807) is 13.8 Å². The topological polar surface area (TPSA) is 12.4 Å². The van der Waals surface area contributed by atoms with Gasteiger partial charge in [-0.05, 0) is 0 Å². The van der Waals surface area contributed by atoms with Crippen LogP contribution in [0.2, 0.25) is 0 Å². The Morgan fingerprint density at radius 2 is 2.00 bits per heavy atom. The summed E-state index contributed by atoms with van der Waals surface area (Å²) in [5, 5.41) is 0. The fourth-order valence-corrected chi connectivity index (χ4v) is 0.194. The van der Waals surface area contributed by atoms with Gasteiger partial charge in [0, 0.05) is 0 Å². The Morgan fingerprint density at radius 1 is 1.25 bits per heavy atom. The molecule has 1 nitrogen and oxygen atoms in total. The van der Waals surface area contributed by atoms with Crippen LogP contribution in [-0.4, -0.2) is 7.07 Å². The van der Waals surface area contributed by atoms with Gasteiger partial charge in [-0.25, -0.2) is 0 Å². The van der Waals surface area contributed by atoms with Gasteiger partial charge in [-0.2, -0.15) is 0 Å². The first-order valence-corrected chi connectivity index (χ1v) is 2.27. The minimum absolute atomic E-state index is 1.48. The fourth-order valence-electron chi connectivity index (χ4n) is 0.194. The van der Waals surface area contributed by atoms with Crippen LogP contribution < -0.4 is 0 Å². The number of hydrogen-bond acceptors (Lipinski definition) is 1. The Bertz CT molecular complexity index is 162. The van der Waals surface area contributed by atoms with Crippen molar-refractivity contribution in [3.63, 3.8) is 0 Å². The van der Waals surface area contributed by atoms with Crippen LogP contribution in [0, 0.1) is 23.7 Å². The zero-order chi connectivity index (χ0) is 6.24. The van der Waals surface area contributed by atoms with E-state index in [4.69, 9.17) is 0 Å². The summed E-state index contributed by atoms with van der Waals surface area (Å²) in [6, 6.07) is 2.50. The van der Waals surface area contributed by atoms with Crippen LogP contribution in [0.25, 0.3) is 0 Å². The molecule has 0 heterocycles. The van der Waals surface area contributed by atoms with Crippen LogP contribution in [0.3, 0.4) is 0 Å². The molecule has 0 aromatic carbocycles. The molecular formula is C6H6BN. The second kappa shape index (κ2) is 5.98. The minimum atomic E-state index is 1.48. The fraction of sp³-hybridized carbons (Fsp3) is 0.333. The molecule has 8 heavy (non-hydrogen) atoms. The van der Waals surface area contributed by atoms with Crippen LogP contribution in [0.15, 0.2) is 4.90 Å². The van der Waals surface area contributed by atoms with Crippen molar-refractivity contribution in [3.05, 3.63) is 0 Å². The molecular weight excluding hydrogens is 96.9 g/mol. The third-order valence-corrected chi connectivity index (χ3v) is 0.450. The number of hydrogen-bond donors (Lipinski definition) is 0. The van der Waals surface area contributed by atoms with Crippen LogP contribution in [-0.2, 0) is 0 Å². The summed E-state index contributed by atoms with van der Waals surface area (Å²) in [6.07, 6.45) is 0. The van der Waals surface area contributed by atoms with E-state index in [9.17, 15) is 0 Å². The maximum atomic E-state index is 3.62. The zero-order valence-electron chi connectivity index (χ0n) is 5.02. The zero-order valence-corrected chi connectivity index (χ0v) is 5.02. The predicted octanol–water partition coefficient (Wildman–Crippen LogP) is 0.836. The van der Waals surface area contributed by atoms with Crippen molar-refractivity contribution in [3.8, 4) is 23.7 Å². The SMILES string of the molecule is CC#C/B=N/C#CC. The molecule has 0 fully saturated rings. The van der Waals surface area contributed by atoms with Crippen LogP contribution in [0.4, 0.5) is 0 Å². The molecule has 0 unspecified atom stereocenters. The van der Waals surface area contributed by atoms with Gasteiger partial charge < -0.3 is 0 Å². The van der Waals surface area contributed by atoms with Crippen LogP contribution >= 0.6 is 0 Å². The Labute approximate surface area is 50.4 Å². The summed E-state index contributed by atoms with van der Waals surface area (Å²) in [6.45, 7) is 3.49. The molecule has 0 radical (unpaired) electrons. The number of nitrogens with zero attached hydrogens (tertiary/aromatic N) is 1. The molecule has 0 bridgehead atoms. The van der Waals surface area contributed by atoms with Gasteiger partial charge in [0.05, 0.1) is 0 Å². The summed E-state index contributed by atoms with van der Waals surface area (Å²) in [4.78, 5) is 3.62. The van der Waals surface area contributed by atoms with Gasteiger partial charge >= 0.3 is 49.5 Å². The summed E-state index contributed by atoms with van der Waals surface area (Å²) < 4.78 is 0. The Balaban J connectivity index is 3.56. The van der Waals surface area contributed by atoms with E-state index in [0.717, 1.165) is 0 Å². The van der Waals surface area contributed by atoms with Gasteiger partial charge in [0.1, 0.15) is 0 Å². The summed E-state index contributed by atoms with van der Waals surface area (Å²) >= 11 is 0. The molecule has 0 spiro atoms. The predicted molar refractivity (Wildman–Crippen MR) is 35.1 cm³/mol. The molecule has 0 aromatic rings. The summed E-state index contributed by atoms with van der Waals surface area (Å²) in [7, 11) is 1.48. The first-order valence-electron chi connectivity index (χ1n) is 2.27. The van der Waals surface area contributed by atoms with E-state index in [-0.39, 0.29) is 0 Å². The van der Waals surface area contributed by atoms with Crippen molar-refractivity contribution in [1.29, 1.82) is 0 Å². The van der Waals surface area contributed by atoms with E-state index in [0.29, 0.717) is 0 Å². The van der Waals surface area contributed by atoms with Gasteiger partial charge in [0.15, 0.2) is 0 Å². The molecule has 0 aliphatic heterocycles. The van der Waals surface area contributed by atoms with E-state index in [1.165, 1.54) is 7.07 Å². The van der Waals surface area contributed by atoms with Crippen molar-refractivity contribution in [2.24, 2.45) is 4.90 Å². The molecule has 0 atom stereocenters. The Morgan fingerprint density at radius 3 is 2.50 bits per heavy atom. The van der Waals surface area contributed by atoms with E-state index in [1.807, 2.05) is 0 Å². The maximum absolute atomic E-state index is 3.62. The van der Waals surface area contributed by atoms with Crippen molar-refractivity contribution in [1.82, 2.24) is 0 Å². The van der Waals surface area contributed by atoms with Gasteiger partial charge in [0.2, 0.25) is 0 Å². The average molecular weight is 103 g/mol. The van der Waals surface area contributed by atoms with Gasteiger partial charge in [0.25, 0.3) is 0 Å². The molecule has 0 rings (SSSR count). The third-order valence-electron chi connectivity index (χ3n) is 0.450. The standard InChI is InChI=1S/C6H6BN/c1-3-5-7-8-6-4-2/h1-2H3. The van der Waals surface area contributed by atoms with Crippen LogP contribution in [0.5, 0.6) is 0 Å². The molecule has 0 aliphatic rings. The van der Waals surface area contributed by atoms with Gasteiger partial charge in [-0.1, -0.05) is 0 Å². The molecule has 38 valence electrons. The molecule has 0 aromatic heterocycles. The third kappa shape index (κ3) is 4.98. The quantitative estimate of drug-likeness (QED) is 0.318. The molecule has 0 N–H and O–H groups in total. The Hall–Kier alpha value is -1.02. The molecule has 0 amide bonds. The normalized spacial score (nSPS) is 5.75. The van der Waals surface area contributed by atoms with Crippen molar-refractivity contribution in [2.75, 3.05) is 0 Å². The van der Waals surface area contributed by atoms with Crippen LogP contribution in [0.1, 0.15) is 13.8 Å². The first-order chi connectivity index (χ1) is 3.91. The molecule has 0 saturated carbocycles. The van der Waals surface area contributed by atoms with Crippen molar-refractivity contribution < 1.29 is 0 Å². The first kappa shape index (κ1) is 6.98.